The van der Waals surface area contributed by atoms with Gasteiger partial charge in [-0.2, -0.15) is 0 Å². The first-order valence-corrected chi connectivity index (χ1v) is 11.3. The van der Waals surface area contributed by atoms with Crippen molar-refractivity contribution >= 4 is 41.0 Å². The van der Waals surface area contributed by atoms with E-state index in [-0.39, 0.29) is 17.2 Å². The van der Waals surface area contributed by atoms with E-state index >= 15 is 0 Å². The van der Waals surface area contributed by atoms with Gasteiger partial charge < -0.3 is 16.0 Å². The van der Waals surface area contributed by atoms with Crippen LogP contribution in [0.4, 0.5) is 10.5 Å². The zero-order valence-electron chi connectivity index (χ0n) is 18.9. The molecule has 1 unspecified atom stereocenters. The topological polar surface area (TPSA) is 108 Å². The molecular formula is C26H23ClN4O4. The van der Waals surface area contributed by atoms with Crippen molar-refractivity contribution in [1.29, 1.82) is 0 Å². The third-order valence-corrected chi connectivity index (χ3v) is 6.06. The van der Waals surface area contributed by atoms with Gasteiger partial charge >= 0.3 is 6.03 Å². The average Bonchev–Trinajstić information content (AvgIpc) is 3.07. The maximum atomic E-state index is 13.1. The van der Waals surface area contributed by atoms with Crippen LogP contribution < -0.4 is 16.0 Å². The number of anilines is 1. The summed E-state index contributed by atoms with van der Waals surface area (Å²) >= 11 is 6.24. The van der Waals surface area contributed by atoms with Crippen LogP contribution in [0.1, 0.15) is 28.4 Å². The molecule has 0 spiro atoms. The number of amides is 5. The second kappa shape index (κ2) is 9.99. The molecule has 1 fully saturated rings. The number of imide groups is 1. The molecule has 35 heavy (non-hydrogen) atoms. The van der Waals surface area contributed by atoms with Gasteiger partial charge in [0, 0.05) is 17.1 Å². The third kappa shape index (κ3) is 5.02. The molecule has 0 radical (unpaired) electrons. The summed E-state index contributed by atoms with van der Waals surface area (Å²) in [4.78, 5) is 52.0. The van der Waals surface area contributed by atoms with Crippen LogP contribution in [0.3, 0.4) is 0 Å². The second-order valence-corrected chi connectivity index (χ2v) is 8.60. The van der Waals surface area contributed by atoms with Crippen LogP contribution in [0.15, 0.2) is 78.9 Å². The van der Waals surface area contributed by atoms with Gasteiger partial charge in [0.25, 0.3) is 11.8 Å². The van der Waals surface area contributed by atoms with Gasteiger partial charge in [0.05, 0.1) is 11.3 Å². The second-order valence-electron chi connectivity index (χ2n) is 8.19. The summed E-state index contributed by atoms with van der Waals surface area (Å²) < 4.78 is 0. The molecule has 8 nitrogen and oxygen atoms in total. The quantitative estimate of drug-likeness (QED) is 0.439. The van der Waals surface area contributed by atoms with Crippen LogP contribution in [0, 0.1) is 0 Å². The van der Waals surface area contributed by atoms with Crippen molar-refractivity contribution in [3.8, 4) is 0 Å². The Morgan fingerprint density at radius 1 is 0.943 bits per heavy atom. The molecule has 3 aromatic carbocycles. The molecule has 1 aliphatic heterocycles. The fourth-order valence-electron chi connectivity index (χ4n) is 3.89. The Kier molecular flexibility index (Phi) is 6.84. The summed E-state index contributed by atoms with van der Waals surface area (Å²) in [5.41, 5.74) is 0.495. The van der Waals surface area contributed by atoms with Crippen molar-refractivity contribution in [3.05, 3.63) is 101 Å². The molecule has 0 bridgehead atoms. The number of benzene rings is 3. The molecular weight excluding hydrogens is 468 g/mol. The molecule has 1 atom stereocenters. The van der Waals surface area contributed by atoms with E-state index in [9.17, 15) is 19.2 Å². The van der Waals surface area contributed by atoms with E-state index < -0.39 is 29.9 Å². The summed E-state index contributed by atoms with van der Waals surface area (Å²) in [5, 5.41) is 8.41. The Morgan fingerprint density at radius 2 is 1.60 bits per heavy atom. The van der Waals surface area contributed by atoms with Crippen molar-refractivity contribution in [3.63, 3.8) is 0 Å². The minimum atomic E-state index is -1.40. The largest absolute Gasteiger partial charge is 0.348 e. The number of hydrogen-bond donors (Lipinski definition) is 3. The Balaban J connectivity index is 1.44. The zero-order valence-corrected chi connectivity index (χ0v) is 19.6. The highest BCUT2D eigenvalue weighted by molar-refractivity contribution is 6.32. The van der Waals surface area contributed by atoms with Crippen molar-refractivity contribution in [2.24, 2.45) is 0 Å². The van der Waals surface area contributed by atoms with Gasteiger partial charge in [0.15, 0.2) is 0 Å². The Hall–Kier alpha value is -4.17. The molecule has 1 aliphatic rings. The number of para-hydroxylation sites is 1. The van der Waals surface area contributed by atoms with E-state index in [1.54, 1.807) is 55.5 Å². The first kappa shape index (κ1) is 24.0. The van der Waals surface area contributed by atoms with Crippen LogP contribution in [0.5, 0.6) is 0 Å². The predicted molar refractivity (Wildman–Crippen MR) is 132 cm³/mol. The average molecular weight is 491 g/mol. The number of rotatable bonds is 7. The van der Waals surface area contributed by atoms with E-state index in [2.05, 4.69) is 16.0 Å². The Bertz CT molecular complexity index is 1300. The summed E-state index contributed by atoms with van der Waals surface area (Å²) in [7, 11) is 0. The molecule has 0 aliphatic carbocycles. The van der Waals surface area contributed by atoms with Gasteiger partial charge in [-0.25, -0.2) is 4.79 Å². The highest BCUT2D eigenvalue weighted by atomic mass is 35.5. The Labute approximate surface area is 207 Å². The maximum absolute atomic E-state index is 13.1. The molecule has 4 rings (SSSR count). The summed E-state index contributed by atoms with van der Waals surface area (Å²) in [6, 6.07) is 21.9. The van der Waals surface area contributed by atoms with E-state index in [0.29, 0.717) is 17.1 Å². The van der Waals surface area contributed by atoms with Gasteiger partial charge in [-0.3, -0.25) is 19.3 Å². The fraction of sp³-hybridized carbons (Fsp3) is 0.154. The van der Waals surface area contributed by atoms with Crippen molar-refractivity contribution in [1.82, 2.24) is 15.5 Å². The molecule has 3 aromatic rings. The highest BCUT2D eigenvalue weighted by Crippen LogP contribution is 2.33. The molecule has 3 N–H and O–H groups in total. The molecule has 0 saturated carbocycles. The predicted octanol–water partition coefficient (Wildman–Crippen LogP) is 3.68. The zero-order chi connectivity index (χ0) is 25.0. The van der Waals surface area contributed by atoms with Gasteiger partial charge in [0.2, 0.25) is 5.91 Å². The minimum Gasteiger partial charge on any atom is -0.348 e. The van der Waals surface area contributed by atoms with E-state index in [1.807, 2.05) is 30.3 Å². The van der Waals surface area contributed by atoms with Crippen molar-refractivity contribution in [2.75, 3.05) is 11.9 Å². The molecule has 0 aromatic heterocycles. The smallest absolute Gasteiger partial charge is 0.325 e. The standard InChI is InChI=1S/C26H23ClN4O4/c1-26(19-12-6-7-13-20(19)27)24(34)31(25(35)30-26)16-22(32)29-21-14-8-5-11-18(21)23(33)28-15-17-9-3-2-4-10-17/h2-14H,15-16H2,1H3,(H,28,33)(H,29,32)(H,30,35). The SMILES string of the molecule is CC1(c2ccccc2Cl)NC(=O)N(CC(=O)Nc2ccccc2C(=O)NCc2ccccc2)C1=O. The maximum Gasteiger partial charge on any atom is 0.325 e. The monoisotopic (exact) mass is 490 g/mol. The fourth-order valence-corrected chi connectivity index (χ4v) is 4.21. The van der Waals surface area contributed by atoms with Crippen LogP contribution in [-0.4, -0.2) is 35.2 Å². The van der Waals surface area contributed by atoms with Gasteiger partial charge in [0.1, 0.15) is 12.1 Å². The lowest BCUT2D eigenvalue weighted by Crippen LogP contribution is -2.42. The molecule has 1 heterocycles. The van der Waals surface area contributed by atoms with Crippen molar-refractivity contribution in [2.45, 2.75) is 19.0 Å². The van der Waals surface area contributed by atoms with Crippen molar-refractivity contribution < 1.29 is 19.2 Å². The molecule has 9 heteroatoms. The van der Waals surface area contributed by atoms with Crippen LogP contribution in [-0.2, 0) is 21.7 Å². The molecule has 5 amide bonds. The van der Waals surface area contributed by atoms with E-state index in [0.717, 1.165) is 10.5 Å². The highest BCUT2D eigenvalue weighted by Gasteiger charge is 2.50. The summed E-state index contributed by atoms with van der Waals surface area (Å²) in [6.07, 6.45) is 0. The summed E-state index contributed by atoms with van der Waals surface area (Å²) in [5.74, 6) is -1.59. The van der Waals surface area contributed by atoms with Gasteiger partial charge in [-0.15, -0.1) is 0 Å². The van der Waals surface area contributed by atoms with E-state index in [4.69, 9.17) is 11.6 Å². The van der Waals surface area contributed by atoms with Gasteiger partial charge in [-0.1, -0.05) is 72.3 Å². The lowest BCUT2D eigenvalue weighted by molar-refractivity contribution is -0.133. The summed E-state index contributed by atoms with van der Waals surface area (Å²) in [6.45, 7) is 1.34. The first-order valence-electron chi connectivity index (χ1n) is 10.9. The lowest BCUT2D eigenvalue weighted by Gasteiger charge is -2.23. The number of nitrogens with one attached hydrogen (secondary N) is 3. The number of urea groups is 1. The van der Waals surface area contributed by atoms with Crippen LogP contribution in [0.2, 0.25) is 5.02 Å². The van der Waals surface area contributed by atoms with E-state index in [1.165, 1.54) is 0 Å². The number of hydrogen-bond acceptors (Lipinski definition) is 4. The van der Waals surface area contributed by atoms with Crippen LogP contribution >= 0.6 is 11.6 Å². The Morgan fingerprint density at radius 3 is 2.34 bits per heavy atom. The molecule has 1 saturated heterocycles. The third-order valence-electron chi connectivity index (χ3n) is 5.73. The van der Waals surface area contributed by atoms with Gasteiger partial charge in [-0.05, 0) is 30.7 Å². The van der Waals surface area contributed by atoms with Crippen LogP contribution in [0.25, 0.3) is 0 Å². The molecule has 178 valence electrons. The first-order chi connectivity index (χ1) is 16.8. The lowest BCUT2D eigenvalue weighted by atomic mass is 9.92. The number of halogens is 1. The number of carbonyl (C=O) groups excluding carboxylic acids is 4. The normalized spacial score (nSPS) is 17.1. The minimum absolute atomic E-state index is 0.259. The number of carbonyl (C=O) groups is 4. The number of nitrogens with zero attached hydrogens (tertiary/aromatic N) is 1.